The van der Waals surface area contributed by atoms with Crippen LogP contribution in [0.25, 0.3) is 11.4 Å². The predicted molar refractivity (Wildman–Crippen MR) is 104 cm³/mol. The van der Waals surface area contributed by atoms with Gasteiger partial charge in [0.25, 0.3) is 0 Å². The number of aryl methyl sites for hydroxylation is 1. The molecule has 0 aliphatic rings. The summed E-state index contributed by atoms with van der Waals surface area (Å²) in [6.07, 6.45) is 1.51. The highest BCUT2D eigenvalue weighted by molar-refractivity contribution is 6.30. The molecule has 0 saturated heterocycles. The van der Waals surface area contributed by atoms with E-state index in [4.69, 9.17) is 21.9 Å². The monoisotopic (exact) mass is 369 g/mol. The second kappa shape index (κ2) is 8.49. The molecule has 2 aromatic carbocycles. The first-order valence-corrected chi connectivity index (χ1v) is 8.76. The lowest BCUT2D eigenvalue weighted by atomic mass is 10.1. The summed E-state index contributed by atoms with van der Waals surface area (Å²) in [4.78, 5) is 8.64. The smallest absolute Gasteiger partial charge is 0.228 e. The van der Waals surface area contributed by atoms with Gasteiger partial charge in [-0.2, -0.15) is 4.98 Å². The quantitative estimate of drug-likeness (QED) is 0.507. The molecular formula is C19H20ClN5O. The molecule has 134 valence electrons. The van der Waals surface area contributed by atoms with Crippen LogP contribution in [0.3, 0.4) is 0 Å². The fraction of sp³-hybridized carbons (Fsp3) is 0.211. The lowest BCUT2D eigenvalue weighted by Crippen LogP contribution is -2.23. The third kappa shape index (κ3) is 4.83. The molecule has 3 aromatic rings. The van der Waals surface area contributed by atoms with Crippen molar-refractivity contribution in [1.29, 1.82) is 0 Å². The van der Waals surface area contributed by atoms with Crippen LogP contribution in [0.5, 0.6) is 0 Å². The van der Waals surface area contributed by atoms with Gasteiger partial charge in [0.2, 0.25) is 11.7 Å². The first kappa shape index (κ1) is 17.9. The minimum absolute atomic E-state index is 0.351. The molecule has 3 N–H and O–H groups in total. The van der Waals surface area contributed by atoms with Crippen molar-refractivity contribution in [2.75, 3.05) is 11.9 Å². The second-order valence-corrected chi connectivity index (χ2v) is 6.15. The van der Waals surface area contributed by atoms with E-state index in [-0.39, 0.29) is 0 Å². The zero-order valence-electron chi connectivity index (χ0n) is 14.4. The molecule has 0 aliphatic heterocycles. The van der Waals surface area contributed by atoms with Crippen LogP contribution in [0, 0.1) is 0 Å². The highest BCUT2D eigenvalue weighted by atomic mass is 35.5. The van der Waals surface area contributed by atoms with Crippen molar-refractivity contribution >= 4 is 23.2 Å². The number of hydrogen-bond acceptors (Lipinski definition) is 4. The Morgan fingerprint density at radius 3 is 2.77 bits per heavy atom. The van der Waals surface area contributed by atoms with Crippen LogP contribution in [-0.4, -0.2) is 22.6 Å². The molecular weight excluding hydrogens is 350 g/mol. The number of hydrogen-bond donors (Lipinski definition) is 2. The molecule has 0 unspecified atom stereocenters. The number of anilines is 1. The summed E-state index contributed by atoms with van der Waals surface area (Å²) in [7, 11) is 0. The zero-order valence-corrected chi connectivity index (χ0v) is 15.2. The molecule has 1 heterocycles. The maximum Gasteiger partial charge on any atom is 0.228 e. The molecule has 0 amide bonds. The van der Waals surface area contributed by atoms with E-state index in [2.05, 4.69) is 39.5 Å². The first-order chi connectivity index (χ1) is 12.6. The highest BCUT2D eigenvalue weighted by Gasteiger charge is 2.08. The summed E-state index contributed by atoms with van der Waals surface area (Å²) in [5.74, 6) is 1.36. The number of rotatable bonds is 6. The number of halogens is 1. The van der Waals surface area contributed by atoms with E-state index >= 15 is 0 Å². The van der Waals surface area contributed by atoms with Crippen molar-refractivity contribution in [3.63, 3.8) is 0 Å². The van der Waals surface area contributed by atoms with Gasteiger partial charge in [-0.3, -0.25) is 4.99 Å². The van der Waals surface area contributed by atoms with Crippen LogP contribution in [0.4, 0.5) is 5.69 Å². The van der Waals surface area contributed by atoms with Crippen LogP contribution in [0.1, 0.15) is 18.4 Å². The summed E-state index contributed by atoms with van der Waals surface area (Å²) in [5.41, 5.74) is 8.91. The maximum absolute atomic E-state index is 5.98. The Hall–Kier alpha value is -2.86. The van der Waals surface area contributed by atoms with Crippen LogP contribution in [-0.2, 0) is 12.8 Å². The van der Waals surface area contributed by atoms with E-state index in [1.54, 1.807) is 12.1 Å². The van der Waals surface area contributed by atoms with E-state index in [0.717, 1.165) is 17.7 Å². The molecule has 0 spiro atoms. The third-order valence-corrected chi connectivity index (χ3v) is 4.03. The van der Waals surface area contributed by atoms with Crippen LogP contribution >= 0.6 is 11.6 Å². The van der Waals surface area contributed by atoms with Crippen molar-refractivity contribution in [1.82, 2.24) is 10.1 Å². The maximum atomic E-state index is 5.98. The molecule has 6 nitrogen and oxygen atoms in total. The molecule has 0 saturated carbocycles. The third-order valence-electron chi connectivity index (χ3n) is 3.79. The van der Waals surface area contributed by atoms with Crippen molar-refractivity contribution in [3.05, 3.63) is 65.0 Å². The van der Waals surface area contributed by atoms with Crippen LogP contribution in [0.2, 0.25) is 5.02 Å². The van der Waals surface area contributed by atoms with Crippen LogP contribution in [0.15, 0.2) is 58.0 Å². The molecule has 1 aromatic heterocycles. The molecule has 0 bridgehead atoms. The summed E-state index contributed by atoms with van der Waals surface area (Å²) in [6.45, 7) is 2.57. The first-order valence-electron chi connectivity index (χ1n) is 8.38. The number of nitrogens with two attached hydrogens (primary N) is 1. The van der Waals surface area contributed by atoms with Gasteiger partial charge in [-0.1, -0.05) is 47.9 Å². The topological polar surface area (TPSA) is 89.3 Å². The van der Waals surface area contributed by atoms with Gasteiger partial charge in [0.15, 0.2) is 5.96 Å². The Bertz CT molecular complexity index is 889. The van der Waals surface area contributed by atoms with Gasteiger partial charge in [0, 0.05) is 22.7 Å². The average Bonchev–Trinajstić information content (AvgIpc) is 3.11. The Balaban J connectivity index is 1.54. The number of aromatic nitrogens is 2. The molecule has 0 radical (unpaired) electrons. The van der Waals surface area contributed by atoms with Crippen molar-refractivity contribution in [2.45, 2.75) is 19.8 Å². The zero-order chi connectivity index (χ0) is 18.4. The predicted octanol–water partition coefficient (Wildman–Crippen LogP) is 3.92. The van der Waals surface area contributed by atoms with Crippen molar-refractivity contribution in [2.24, 2.45) is 10.7 Å². The second-order valence-electron chi connectivity index (χ2n) is 5.71. The van der Waals surface area contributed by atoms with Gasteiger partial charge in [0.05, 0.1) is 6.54 Å². The van der Waals surface area contributed by atoms with E-state index in [9.17, 15) is 0 Å². The lowest BCUT2D eigenvalue weighted by Gasteiger charge is -2.06. The minimum Gasteiger partial charge on any atom is -0.370 e. The summed E-state index contributed by atoms with van der Waals surface area (Å²) < 4.78 is 5.25. The lowest BCUT2D eigenvalue weighted by molar-refractivity contribution is 0.380. The van der Waals surface area contributed by atoms with E-state index < -0.39 is 0 Å². The Labute approximate surface area is 157 Å². The van der Waals surface area contributed by atoms with Gasteiger partial charge < -0.3 is 15.6 Å². The number of nitrogens with one attached hydrogen (secondary N) is 1. The Morgan fingerprint density at radius 2 is 2.04 bits per heavy atom. The van der Waals surface area contributed by atoms with Crippen LogP contribution < -0.4 is 11.1 Å². The number of aliphatic imine (C=N–C) groups is 1. The van der Waals surface area contributed by atoms with Gasteiger partial charge in [-0.15, -0.1) is 0 Å². The normalized spacial score (nSPS) is 11.5. The van der Waals surface area contributed by atoms with Crippen molar-refractivity contribution in [3.8, 4) is 11.4 Å². The molecule has 0 fully saturated rings. The number of nitrogens with zero attached hydrogens (tertiary/aromatic N) is 3. The average molecular weight is 370 g/mol. The Morgan fingerprint density at radius 1 is 1.23 bits per heavy atom. The molecule has 0 aliphatic carbocycles. The molecule has 0 atom stereocenters. The summed E-state index contributed by atoms with van der Waals surface area (Å²) in [5, 5.41) is 7.66. The van der Waals surface area contributed by atoms with Gasteiger partial charge in [0.1, 0.15) is 0 Å². The summed E-state index contributed by atoms with van der Waals surface area (Å²) >= 11 is 5.98. The molecule has 7 heteroatoms. The van der Waals surface area contributed by atoms with E-state index in [1.807, 2.05) is 24.3 Å². The van der Waals surface area contributed by atoms with Crippen molar-refractivity contribution < 1.29 is 4.52 Å². The van der Waals surface area contributed by atoms with E-state index in [1.165, 1.54) is 5.56 Å². The van der Waals surface area contributed by atoms with Gasteiger partial charge in [-0.05, 0) is 36.2 Å². The minimum atomic E-state index is 0.351. The van der Waals surface area contributed by atoms with E-state index in [0.29, 0.717) is 35.7 Å². The Kier molecular flexibility index (Phi) is 5.86. The number of benzene rings is 2. The number of guanidine groups is 1. The molecule has 26 heavy (non-hydrogen) atoms. The largest absolute Gasteiger partial charge is 0.370 e. The fourth-order valence-corrected chi connectivity index (χ4v) is 2.57. The fourth-order valence-electron chi connectivity index (χ4n) is 2.38. The summed E-state index contributed by atoms with van der Waals surface area (Å²) in [6, 6.07) is 15.4. The SMILES string of the molecule is CCc1ccc(NC(N)=NCCc2nc(-c3cccc(Cl)c3)no2)cc1. The van der Waals surface area contributed by atoms with Gasteiger partial charge in [-0.25, -0.2) is 0 Å². The highest BCUT2D eigenvalue weighted by Crippen LogP contribution is 2.20. The molecule has 3 rings (SSSR count). The standard InChI is InChI=1S/C19H20ClN5O/c1-2-13-6-8-16(9-7-13)23-19(21)22-11-10-17-24-18(25-26-17)14-4-3-5-15(20)12-14/h3-9,12H,2,10-11H2,1H3,(H3,21,22,23). The van der Waals surface area contributed by atoms with Gasteiger partial charge >= 0.3 is 0 Å².